The summed E-state index contributed by atoms with van der Waals surface area (Å²) in [6.07, 6.45) is 16.0. The first-order valence-corrected chi connectivity index (χ1v) is 34.7. The van der Waals surface area contributed by atoms with E-state index in [0.717, 1.165) is 131 Å². The van der Waals surface area contributed by atoms with Crippen molar-refractivity contribution in [2.75, 3.05) is 32.9 Å². The number of hydrogen-bond acceptors (Lipinski definition) is 11. The second-order valence-corrected chi connectivity index (χ2v) is 30.2. The molecule has 13 nitrogen and oxygen atoms in total. The van der Waals surface area contributed by atoms with E-state index in [0.29, 0.717) is 91.6 Å². The van der Waals surface area contributed by atoms with Crippen molar-refractivity contribution in [3.63, 3.8) is 0 Å². The Morgan fingerprint density at radius 1 is 0.505 bits per heavy atom. The van der Waals surface area contributed by atoms with Crippen LogP contribution in [0.4, 0.5) is 0 Å². The summed E-state index contributed by atoms with van der Waals surface area (Å²) in [6, 6.07) is 25.7. The molecule has 5 aromatic carbocycles. The largest absolute Gasteiger partial charge is 0.507 e. The molecule has 508 valence electrons. The third-order valence-electron chi connectivity index (χ3n) is 18.1. The highest BCUT2D eigenvalue weighted by molar-refractivity contribution is 5.77. The van der Waals surface area contributed by atoms with Gasteiger partial charge in [0.05, 0.1) is 12.2 Å². The number of aromatic hydroxyl groups is 3. The number of aromatic nitrogens is 3. The van der Waals surface area contributed by atoms with Gasteiger partial charge in [-0.15, -0.1) is 0 Å². The molecule has 0 radical (unpaired) electrons. The quantitative estimate of drug-likeness (QED) is 0.0207. The van der Waals surface area contributed by atoms with Gasteiger partial charge in [0.25, 0.3) is 0 Å². The number of phenolic OH excluding ortho intramolecular Hbond substituents is 3. The Morgan fingerprint density at radius 2 is 0.925 bits per heavy atom. The lowest BCUT2D eigenvalue weighted by atomic mass is 9.72. The molecular weight excluding hydrogens is 1160 g/mol. The van der Waals surface area contributed by atoms with Crippen molar-refractivity contribution in [2.24, 2.45) is 5.92 Å². The fraction of sp³-hybridized carbons (Fsp3) is 0.562. The molecule has 0 spiro atoms. The lowest BCUT2D eigenvalue weighted by Gasteiger charge is -2.33. The first-order chi connectivity index (χ1) is 43.8. The molecule has 1 heterocycles. The number of benzene rings is 5. The molecule has 6 rings (SSSR count). The van der Waals surface area contributed by atoms with E-state index in [1.807, 2.05) is 38.1 Å². The van der Waals surface area contributed by atoms with Gasteiger partial charge in [0.2, 0.25) is 11.8 Å². The van der Waals surface area contributed by atoms with Gasteiger partial charge in [-0.1, -0.05) is 219 Å². The summed E-state index contributed by atoms with van der Waals surface area (Å²) in [4.78, 5) is 40.5. The molecular formula is C80H115N5O8. The van der Waals surface area contributed by atoms with Crippen LogP contribution >= 0.6 is 0 Å². The van der Waals surface area contributed by atoms with Crippen molar-refractivity contribution in [2.45, 2.75) is 254 Å². The number of phenols is 3. The molecule has 0 bridgehead atoms. The van der Waals surface area contributed by atoms with Crippen LogP contribution in [-0.2, 0) is 48.8 Å². The molecule has 6 N–H and O–H groups in total. The van der Waals surface area contributed by atoms with Crippen LogP contribution in [0.25, 0.3) is 34.2 Å². The molecule has 0 saturated heterocycles. The topological polar surface area (TPSA) is 196 Å². The minimum Gasteiger partial charge on any atom is -0.507 e. The monoisotopic (exact) mass is 1270 g/mol. The van der Waals surface area contributed by atoms with Crippen LogP contribution in [-0.4, -0.2) is 86.2 Å². The van der Waals surface area contributed by atoms with Gasteiger partial charge >= 0.3 is 0 Å². The maximum absolute atomic E-state index is 13.1. The number of nitrogens with zero attached hydrogens (tertiary/aromatic N) is 3. The first kappa shape index (κ1) is 75.2. The number of unbranched alkanes of at least 4 members (excludes halogenated alkanes) is 9. The molecule has 2 amide bonds. The minimum atomic E-state index is -0.826. The van der Waals surface area contributed by atoms with Gasteiger partial charge in [0, 0.05) is 55.3 Å². The molecule has 2 atom stereocenters. The zero-order chi connectivity index (χ0) is 68.3. The summed E-state index contributed by atoms with van der Waals surface area (Å²) in [5, 5.41) is 51.1. The Morgan fingerprint density at radius 3 is 1.38 bits per heavy atom. The highest BCUT2D eigenvalue weighted by Crippen LogP contribution is 2.45. The number of aliphatic hydroxyl groups excluding tert-OH is 1. The van der Waals surface area contributed by atoms with E-state index in [1.54, 1.807) is 12.1 Å². The molecule has 13 heteroatoms. The van der Waals surface area contributed by atoms with Gasteiger partial charge in [0.1, 0.15) is 35.7 Å². The number of amides is 2. The number of ether oxygens (including phenoxy) is 2. The number of nitrogens with one attached hydrogen (secondary N) is 2. The summed E-state index contributed by atoms with van der Waals surface area (Å²) in [7, 11) is 0. The van der Waals surface area contributed by atoms with Gasteiger partial charge in [-0.05, 0) is 145 Å². The molecule has 0 saturated carbocycles. The predicted molar refractivity (Wildman–Crippen MR) is 381 cm³/mol. The number of carbonyl (C=O) groups excluding carboxylic acids is 2. The maximum Gasteiger partial charge on any atom is 0.220 e. The average molecular weight is 1270 g/mol. The van der Waals surface area contributed by atoms with Crippen molar-refractivity contribution in [3.8, 4) is 57.2 Å². The number of aliphatic hydroxyl groups is 1. The summed E-state index contributed by atoms with van der Waals surface area (Å²) in [5.41, 5.74) is 11.6. The Bertz CT molecular complexity index is 3300. The summed E-state index contributed by atoms with van der Waals surface area (Å²) in [6.45, 7) is 36.0. The van der Waals surface area contributed by atoms with Crippen LogP contribution in [0.1, 0.15) is 241 Å². The first-order valence-electron chi connectivity index (χ1n) is 34.7. The molecule has 93 heavy (non-hydrogen) atoms. The fourth-order valence-corrected chi connectivity index (χ4v) is 12.6. The van der Waals surface area contributed by atoms with Gasteiger partial charge < -0.3 is 40.5 Å². The minimum absolute atomic E-state index is 0.0186. The van der Waals surface area contributed by atoms with Crippen LogP contribution in [0.5, 0.6) is 23.0 Å². The lowest BCUT2D eigenvalue weighted by Crippen LogP contribution is -2.26. The summed E-state index contributed by atoms with van der Waals surface area (Å²) >= 11 is 0. The van der Waals surface area contributed by atoms with Crippen LogP contribution in [0.3, 0.4) is 0 Å². The van der Waals surface area contributed by atoms with E-state index in [1.165, 1.54) is 31.7 Å². The number of aryl methyl sites for hydroxylation is 6. The Hall–Kier alpha value is -6.83. The summed E-state index contributed by atoms with van der Waals surface area (Å²) in [5.74, 6) is 3.12. The van der Waals surface area contributed by atoms with Crippen molar-refractivity contribution in [1.82, 2.24) is 25.6 Å². The second kappa shape index (κ2) is 34.5. The molecule has 0 aliphatic carbocycles. The van der Waals surface area contributed by atoms with Crippen LogP contribution in [0.15, 0.2) is 78.9 Å². The second-order valence-electron chi connectivity index (χ2n) is 30.2. The lowest BCUT2D eigenvalue weighted by molar-refractivity contribution is -0.121. The van der Waals surface area contributed by atoms with E-state index in [-0.39, 0.29) is 52.4 Å². The maximum atomic E-state index is 13.1. The van der Waals surface area contributed by atoms with Crippen LogP contribution < -0.4 is 15.4 Å². The van der Waals surface area contributed by atoms with E-state index in [4.69, 9.17) is 24.4 Å². The normalized spacial score (nSPS) is 12.9. The van der Waals surface area contributed by atoms with Crippen molar-refractivity contribution >= 4 is 11.8 Å². The number of hydrogen-bond donors (Lipinski definition) is 6. The van der Waals surface area contributed by atoms with Crippen LogP contribution in [0, 0.1) is 33.6 Å². The number of carbonyl (C=O) groups is 2. The van der Waals surface area contributed by atoms with Gasteiger partial charge in [-0.3, -0.25) is 9.59 Å². The van der Waals surface area contributed by atoms with Gasteiger partial charge in [-0.25, -0.2) is 15.0 Å². The molecule has 0 aliphatic heterocycles. The van der Waals surface area contributed by atoms with E-state index in [2.05, 4.69) is 144 Å². The Kier molecular flexibility index (Phi) is 27.9. The van der Waals surface area contributed by atoms with Crippen molar-refractivity contribution in [3.05, 3.63) is 134 Å². The molecule has 0 fully saturated rings. The third-order valence-corrected chi connectivity index (χ3v) is 18.1. The smallest absolute Gasteiger partial charge is 0.220 e. The molecule has 2 unspecified atom stereocenters. The average Bonchev–Trinajstić information content (AvgIpc) is 0.807. The van der Waals surface area contributed by atoms with Crippen molar-refractivity contribution < 1.29 is 39.5 Å². The van der Waals surface area contributed by atoms with Gasteiger partial charge in [0.15, 0.2) is 17.5 Å². The highest BCUT2D eigenvalue weighted by atomic mass is 16.5. The zero-order valence-corrected chi connectivity index (χ0v) is 59.7. The Labute approximate surface area is 558 Å². The van der Waals surface area contributed by atoms with Crippen molar-refractivity contribution in [1.29, 1.82) is 0 Å². The molecule has 6 aromatic rings. The standard InChI is InChI=1S/C80H115N5O8/c1-17-57(29-25-21-19-18-20-24-28-42-92-51-60(86)52-93-61-34-37-64(69(87)49-61)76-84-74(62-35-30-53(2)43-55(62)4)83-75(85-76)63-36-31-54(3)44-56(63)5)50-80(15,16)68-48-59(47-67(73(68)91)79(12,13)14)33-39-71(89)82-41-27-23-22-26-40-81-70(88)38-32-58-45-65(77(6,7)8)72(90)66(46-58)78(9,10)11/h30-31,34-37,43-49,57,60,86-87,90-91H,17-29,32-33,38-42,50-52H2,1-16H3,(H,81,88)(H,82,89). The van der Waals surface area contributed by atoms with E-state index >= 15 is 0 Å². The van der Waals surface area contributed by atoms with Crippen LogP contribution in [0.2, 0.25) is 0 Å². The van der Waals surface area contributed by atoms with Gasteiger partial charge in [-0.2, -0.15) is 0 Å². The SMILES string of the molecule is CCC(CCCCCCCCCOCC(O)COc1ccc(-c2nc(-c3ccc(C)cc3C)nc(-c3ccc(C)cc3C)n2)c(O)c1)CC(C)(C)c1cc(CCC(=O)NCCCCCCNC(=O)CCc2cc(C(C)(C)C)c(O)c(C(C)(C)C)c2)cc(C(C)(C)C)c1O. The fourth-order valence-electron chi connectivity index (χ4n) is 12.6. The highest BCUT2D eigenvalue weighted by Gasteiger charge is 2.32. The predicted octanol–water partition coefficient (Wildman–Crippen LogP) is 17.7. The van der Waals surface area contributed by atoms with E-state index < -0.39 is 6.10 Å². The molecule has 0 aliphatic rings. The zero-order valence-electron chi connectivity index (χ0n) is 59.7. The molecule has 1 aromatic heterocycles. The van der Waals surface area contributed by atoms with E-state index in [9.17, 15) is 30.0 Å². The third kappa shape index (κ3) is 23.3. The number of rotatable bonds is 35. The Balaban J connectivity index is 0.842. The summed E-state index contributed by atoms with van der Waals surface area (Å²) < 4.78 is 11.7.